The summed E-state index contributed by atoms with van der Waals surface area (Å²) >= 11 is 0. The topological polar surface area (TPSA) is 79.5 Å². The quantitative estimate of drug-likeness (QED) is 0.599. The van der Waals surface area contributed by atoms with E-state index in [1.165, 1.54) is 6.08 Å². The van der Waals surface area contributed by atoms with Crippen molar-refractivity contribution in [1.29, 1.82) is 0 Å². The molecule has 2 aromatic rings. The van der Waals surface area contributed by atoms with Crippen molar-refractivity contribution in [3.63, 3.8) is 0 Å². The molecule has 5 nitrogen and oxygen atoms in total. The molecule has 1 aromatic heterocycles. The van der Waals surface area contributed by atoms with Crippen LogP contribution in [0.1, 0.15) is 25.8 Å². The van der Waals surface area contributed by atoms with Crippen molar-refractivity contribution in [2.75, 3.05) is 0 Å². The molecule has 0 atom stereocenters. The van der Waals surface area contributed by atoms with Gasteiger partial charge in [-0.25, -0.2) is 4.79 Å². The van der Waals surface area contributed by atoms with Gasteiger partial charge < -0.3 is 14.8 Å². The molecule has 2 N–H and O–H groups in total. The Balaban J connectivity index is 2.29. The number of allylic oxidation sites excluding steroid dienone is 2. The van der Waals surface area contributed by atoms with E-state index < -0.39 is 17.5 Å². The number of aryl methyl sites for hydroxylation is 1. The second-order valence-corrected chi connectivity index (χ2v) is 6.05. The Hall–Kier alpha value is -2.82. The van der Waals surface area contributed by atoms with E-state index in [2.05, 4.69) is 18.4 Å². The number of aromatic nitrogens is 1. The fourth-order valence-corrected chi connectivity index (χ4v) is 2.41. The second-order valence-electron chi connectivity index (χ2n) is 6.05. The third kappa shape index (κ3) is 4.35. The maximum absolute atomic E-state index is 11.7. The molecule has 0 aliphatic carbocycles. The Bertz CT molecular complexity index is 812. The first kappa shape index (κ1) is 17.5. The SMILES string of the molecule is CC(C)CCn1cc(/C=C/C(=O)/C=C(\O)C(=O)O)c2ccccc21. The van der Waals surface area contributed by atoms with Crippen LogP contribution in [0.4, 0.5) is 0 Å². The summed E-state index contributed by atoms with van der Waals surface area (Å²) in [5, 5.41) is 18.7. The van der Waals surface area contributed by atoms with Gasteiger partial charge in [0.2, 0.25) is 5.76 Å². The summed E-state index contributed by atoms with van der Waals surface area (Å²) < 4.78 is 2.16. The van der Waals surface area contributed by atoms with Crippen LogP contribution in [0.2, 0.25) is 0 Å². The molecule has 0 spiro atoms. The molecule has 0 aliphatic heterocycles. The third-order valence-corrected chi connectivity index (χ3v) is 3.69. The number of carboxylic acids is 1. The molecule has 0 aliphatic rings. The van der Waals surface area contributed by atoms with E-state index in [0.717, 1.165) is 29.4 Å². The lowest BCUT2D eigenvalue weighted by atomic mass is 10.1. The smallest absolute Gasteiger partial charge is 0.371 e. The van der Waals surface area contributed by atoms with Crippen molar-refractivity contribution >= 4 is 28.7 Å². The largest absolute Gasteiger partial charge is 0.502 e. The van der Waals surface area contributed by atoms with Crippen molar-refractivity contribution in [2.24, 2.45) is 5.92 Å². The van der Waals surface area contributed by atoms with Gasteiger partial charge in [0.15, 0.2) is 5.78 Å². The first-order valence-corrected chi connectivity index (χ1v) is 7.82. The van der Waals surface area contributed by atoms with Crippen LogP contribution in [0, 0.1) is 5.92 Å². The first-order chi connectivity index (χ1) is 11.4. The molecule has 0 saturated carbocycles. The molecule has 0 unspecified atom stereocenters. The maximum Gasteiger partial charge on any atom is 0.371 e. The van der Waals surface area contributed by atoms with Gasteiger partial charge in [0.05, 0.1) is 0 Å². The molecule has 0 fully saturated rings. The zero-order chi connectivity index (χ0) is 17.7. The van der Waals surface area contributed by atoms with Gasteiger partial charge in [-0.2, -0.15) is 0 Å². The number of hydrogen-bond donors (Lipinski definition) is 2. The molecule has 0 radical (unpaired) electrons. The van der Waals surface area contributed by atoms with Gasteiger partial charge >= 0.3 is 5.97 Å². The molecular formula is C19H21NO4. The van der Waals surface area contributed by atoms with E-state index in [9.17, 15) is 9.59 Å². The number of benzene rings is 1. The monoisotopic (exact) mass is 327 g/mol. The first-order valence-electron chi connectivity index (χ1n) is 7.82. The van der Waals surface area contributed by atoms with E-state index in [-0.39, 0.29) is 0 Å². The van der Waals surface area contributed by atoms with Gasteiger partial charge in [-0.15, -0.1) is 0 Å². The normalized spacial score (nSPS) is 12.4. The van der Waals surface area contributed by atoms with E-state index in [4.69, 9.17) is 10.2 Å². The fourth-order valence-electron chi connectivity index (χ4n) is 2.41. The van der Waals surface area contributed by atoms with Crippen LogP contribution in [0.3, 0.4) is 0 Å². The maximum atomic E-state index is 11.7. The molecule has 126 valence electrons. The lowest BCUT2D eigenvalue weighted by Crippen LogP contribution is -2.01. The highest BCUT2D eigenvalue weighted by Gasteiger charge is 2.08. The minimum absolute atomic E-state index is 0.575. The number of carboxylic acid groups (broad SMARTS) is 1. The highest BCUT2D eigenvalue weighted by Crippen LogP contribution is 2.23. The zero-order valence-electron chi connectivity index (χ0n) is 13.8. The lowest BCUT2D eigenvalue weighted by Gasteiger charge is -2.07. The van der Waals surface area contributed by atoms with Crippen molar-refractivity contribution in [3.05, 3.63) is 53.9 Å². The summed E-state index contributed by atoms with van der Waals surface area (Å²) in [5.41, 5.74) is 1.97. The molecule has 1 heterocycles. The summed E-state index contributed by atoms with van der Waals surface area (Å²) in [6, 6.07) is 7.92. The Kier molecular flexibility index (Phi) is 5.58. The lowest BCUT2D eigenvalue weighted by molar-refractivity contribution is -0.135. The molecule has 0 saturated heterocycles. The number of aliphatic hydroxyl groups is 1. The summed E-state index contributed by atoms with van der Waals surface area (Å²) in [6.45, 7) is 5.23. The van der Waals surface area contributed by atoms with Crippen LogP contribution in [0.15, 0.2) is 48.4 Å². The number of fused-ring (bicyclic) bond motifs is 1. The Labute approximate surface area is 140 Å². The number of para-hydroxylation sites is 1. The standard InChI is InChI=1S/C19H21NO4/c1-13(2)9-10-20-12-14(16-5-3-4-6-17(16)20)7-8-15(21)11-18(22)19(23)24/h3-8,11-13,22H,9-10H2,1-2H3,(H,23,24)/b8-7+,18-11-. The van der Waals surface area contributed by atoms with E-state index in [1.807, 2.05) is 30.5 Å². The molecule has 1 aromatic carbocycles. The van der Waals surface area contributed by atoms with Gasteiger partial charge in [-0.1, -0.05) is 32.0 Å². The minimum atomic E-state index is -1.53. The molecular weight excluding hydrogens is 306 g/mol. The van der Waals surface area contributed by atoms with Crippen LogP contribution in [-0.2, 0) is 16.1 Å². The van der Waals surface area contributed by atoms with E-state index in [0.29, 0.717) is 12.0 Å². The average Bonchev–Trinajstić information content (AvgIpc) is 2.89. The highest BCUT2D eigenvalue weighted by molar-refractivity contribution is 6.06. The minimum Gasteiger partial charge on any atom is -0.502 e. The van der Waals surface area contributed by atoms with Crippen LogP contribution < -0.4 is 0 Å². The van der Waals surface area contributed by atoms with Crippen LogP contribution >= 0.6 is 0 Å². The number of rotatable bonds is 7. The highest BCUT2D eigenvalue weighted by atomic mass is 16.4. The summed E-state index contributed by atoms with van der Waals surface area (Å²) in [4.78, 5) is 22.2. The Morgan fingerprint density at radius 3 is 2.58 bits per heavy atom. The number of aliphatic carboxylic acids is 1. The molecule has 2 rings (SSSR count). The van der Waals surface area contributed by atoms with E-state index >= 15 is 0 Å². The Morgan fingerprint density at radius 1 is 1.21 bits per heavy atom. The van der Waals surface area contributed by atoms with Crippen molar-refractivity contribution < 1.29 is 19.8 Å². The molecule has 24 heavy (non-hydrogen) atoms. The van der Waals surface area contributed by atoms with Gasteiger partial charge in [0, 0.05) is 35.3 Å². The number of aliphatic hydroxyl groups excluding tert-OH is 1. The predicted octanol–water partition coefficient (Wildman–Crippen LogP) is 3.80. The van der Waals surface area contributed by atoms with Crippen LogP contribution in [0.5, 0.6) is 0 Å². The Morgan fingerprint density at radius 2 is 1.92 bits per heavy atom. The van der Waals surface area contributed by atoms with Crippen molar-refractivity contribution in [3.8, 4) is 0 Å². The number of carbonyl (C=O) groups is 2. The van der Waals surface area contributed by atoms with Crippen LogP contribution in [-0.4, -0.2) is 26.5 Å². The summed E-state index contributed by atoms with van der Waals surface area (Å²) in [5.74, 6) is -2.48. The second kappa shape index (κ2) is 7.64. The number of hydrogen-bond acceptors (Lipinski definition) is 3. The number of nitrogens with zero attached hydrogens (tertiary/aromatic N) is 1. The summed E-state index contributed by atoms with van der Waals surface area (Å²) in [6.07, 6.45) is 6.63. The van der Waals surface area contributed by atoms with Gasteiger partial charge in [0.25, 0.3) is 0 Å². The summed E-state index contributed by atoms with van der Waals surface area (Å²) in [7, 11) is 0. The van der Waals surface area contributed by atoms with Gasteiger partial charge in [-0.3, -0.25) is 4.79 Å². The van der Waals surface area contributed by atoms with Gasteiger partial charge in [0.1, 0.15) is 0 Å². The van der Waals surface area contributed by atoms with E-state index in [1.54, 1.807) is 6.08 Å². The molecule has 0 bridgehead atoms. The third-order valence-electron chi connectivity index (χ3n) is 3.69. The van der Waals surface area contributed by atoms with Crippen LogP contribution in [0.25, 0.3) is 17.0 Å². The predicted molar refractivity (Wildman–Crippen MR) is 93.8 cm³/mol. The number of ketones is 1. The average molecular weight is 327 g/mol. The van der Waals surface area contributed by atoms with Crippen molar-refractivity contribution in [2.45, 2.75) is 26.8 Å². The molecule has 5 heteroatoms. The molecule has 0 amide bonds. The van der Waals surface area contributed by atoms with Crippen molar-refractivity contribution in [1.82, 2.24) is 4.57 Å². The number of carbonyl (C=O) groups excluding carboxylic acids is 1. The fraction of sp³-hybridized carbons (Fsp3) is 0.263. The van der Waals surface area contributed by atoms with Gasteiger partial charge in [-0.05, 0) is 30.6 Å². The zero-order valence-corrected chi connectivity index (χ0v) is 13.8.